The molecule has 2 N–H and O–H groups in total. The second-order valence-electron chi connectivity index (χ2n) is 7.07. The molecule has 0 aliphatic carbocycles. The van der Waals surface area contributed by atoms with Gasteiger partial charge in [0.2, 0.25) is 0 Å². The van der Waals surface area contributed by atoms with Gasteiger partial charge in [0.1, 0.15) is 0 Å². The molecule has 0 unspecified atom stereocenters. The molecule has 0 amide bonds. The van der Waals surface area contributed by atoms with Gasteiger partial charge in [0.25, 0.3) is 0 Å². The average molecular weight is 553 g/mol. The number of sulfone groups is 1. The van der Waals surface area contributed by atoms with E-state index in [-0.39, 0.29) is 24.0 Å². The van der Waals surface area contributed by atoms with Gasteiger partial charge >= 0.3 is 0 Å². The Morgan fingerprint density at radius 3 is 2.23 bits per heavy atom. The van der Waals surface area contributed by atoms with Crippen molar-refractivity contribution in [2.45, 2.75) is 24.4 Å². The van der Waals surface area contributed by atoms with Gasteiger partial charge in [0, 0.05) is 45.3 Å². The number of benzene rings is 2. The third kappa shape index (κ3) is 7.98. The highest BCUT2D eigenvalue weighted by Gasteiger charge is 2.06. The summed E-state index contributed by atoms with van der Waals surface area (Å²) < 4.78 is 25.1. The highest BCUT2D eigenvalue weighted by molar-refractivity contribution is 14.0. The molecule has 0 aliphatic rings. The van der Waals surface area contributed by atoms with Gasteiger partial charge in [-0.1, -0.05) is 36.4 Å². The van der Waals surface area contributed by atoms with Crippen LogP contribution in [-0.4, -0.2) is 43.8 Å². The molecular formula is C22H28IN5O2S. The lowest BCUT2D eigenvalue weighted by Crippen LogP contribution is -2.37. The number of rotatable bonds is 8. The molecule has 0 radical (unpaired) electrons. The number of imidazole rings is 1. The number of guanidine groups is 1. The molecule has 0 spiro atoms. The van der Waals surface area contributed by atoms with Crippen molar-refractivity contribution in [3.8, 4) is 0 Å². The summed E-state index contributed by atoms with van der Waals surface area (Å²) in [5, 5.41) is 6.59. The van der Waals surface area contributed by atoms with Crippen molar-refractivity contribution in [2.75, 3.05) is 19.8 Å². The molecule has 166 valence electrons. The maximum Gasteiger partial charge on any atom is 0.191 e. The van der Waals surface area contributed by atoms with Crippen molar-refractivity contribution in [3.05, 3.63) is 83.9 Å². The Morgan fingerprint density at radius 1 is 1.00 bits per heavy atom. The van der Waals surface area contributed by atoms with Crippen molar-refractivity contribution < 1.29 is 8.42 Å². The van der Waals surface area contributed by atoms with Crippen molar-refractivity contribution >= 4 is 39.8 Å². The zero-order valence-electron chi connectivity index (χ0n) is 17.7. The van der Waals surface area contributed by atoms with Gasteiger partial charge in [-0.15, -0.1) is 24.0 Å². The molecule has 1 heterocycles. The lowest BCUT2D eigenvalue weighted by molar-refractivity contribution is 0.602. The van der Waals surface area contributed by atoms with Gasteiger partial charge in [-0.05, 0) is 35.2 Å². The fourth-order valence-corrected chi connectivity index (χ4v) is 3.62. The van der Waals surface area contributed by atoms with Crippen molar-refractivity contribution in [3.63, 3.8) is 0 Å². The number of nitrogens with one attached hydrogen (secondary N) is 2. The molecule has 0 atom stereocenters. The number of nitrogens with zero attached hydrogens (tertiary/aromatic N) is 3. The molecule has 0 bridgehead atoms. The molecule has 9 heteroatoms. The van der Waals surface area contributed by atoms with E-state index >= 15 is 0 Å². The Labute approximate surface area is 201 Å². The Morgan fingerprint density at radius 2 is 1.65 bits per heavy atom. The summed E-state index contributed by atoms with van der Waals surface area (Å²) in [6.45, 7) is 2.18. The first-order valence-electron chi connectivity index (χ1n) is 9.71. The first-order chi connectivity index (χ1) is 14.4. The van der Waals surface area contributed by atoms with Crippen LogP contribution in [0.2, 0.25) is 0 Å². The topological polar surface area (TPSA) is 88.4 Å². The fourth-order valence-electron chi connectivity index (χ4n) is 2.99. The smallest absolute Gasteiger partial charge is 0.191 e. The number of hydrogen-bond acceptors (Lipinski definition) is 4. The summed E-state index contributed by atoms with van der Waals surface area (Å²) in [4.78, 5) is 8.65. The van der Waals surface area contributed by atoms with Gasteiger partial charge in [0.05, 0.1) is 11.2 Å². The van der Waals surface area contributed by atoms with E-state index in [2.05, 4.69) is 44.9 Å². The van der Waals surface area contributed by atoms with E-state index in [0.29, 0.717) is 18.0 Å². The van der Waals surface area contributed by atoms with Crippen LogP contribution in [0.25, 0.3) is 0 Å². The maximum absolute atomic E-state index is 11.5. The molecule has 7 nitrogen and oxygen atoms in total. The van der Waals surface area contributed by atoms with E-state index < -0.39 is 9.84 Å². The Bertz CT molecular complexity index is 1060. The number of aliphatic imine (C=N–C) groups is 1. The van der Waals surface area contributed by atoms with E-state index in [4.69, 9.17) is 0 Å². The van der Waals surface area contributed by atoms with Crippen LogP contribution in [0, 0.1) is 0 Å². The Kier molecular flexibility index (Phi) is 9.50. The van der Waals surface area contributed by atoms with Crippen molar-refractivity contribution in [1.29, 1.82) is 0 Å². The molecule has 3 aromatic rings. The van der Waals surface area contributed by atoms with Crippen LogP contribution < -0.4 is 10.6 Å². The van der Waals surface area contributed by atoms with Gasteiger partial charge < -0.3 is 15.2 Å². The molecule has 2 aromatic carbocycles. The van der Waals surface area contributed by atoms with Gasteiger partial charge in [0.15, 0.2) is 15.8 Å². The minimum Gasteiger partial charge on any atom is -0.356 e. The second-order valence-corrected chi connectivity index (χ2v) is 9.09. The van der Waals surface area contributed by atoms with Crippen LogP contribution in [0.1, 0.15) is 16.7 Å². The molecule has 0 fully saturated rings. The fraction of sp³-hybridized carbons (Fsp3) is 0.273. The molecule has 1 aromatic heterocycles. The lowest BCUT2D eigenvalue weighted by Gasteiger charge is -2.12. The van der Waals surface area contributed by atoms with E-state index in [9.17, 15) is 8.42 Å². The average Bonchev–Trinajstić information content (AvgIpc) is 3.24. The summed E-state index contributed by atoms with van der Waals surface area (Å²) in [5.74, 6) is 0.727. The number of aromatic nitrogens is 2. The second kappa shape index (κ2) is 11.8. The van der Waals surface area contributed by atoms with Crippen LogP contribution in [0.4, 0.5) is 0 Å². The zero-order valence-corrected chi connectivity index (χ0v) is 20.8. The summed E-state index contributed by atoms with van der Waals surface area (Å²) >= 11 is 0. The molecular weight excluding hydrogens is 525 g/mol. The zero-order chi connectivity index (χ0) is 21.4. The SMILES string of the molecule is CN=C(NCCc1ccc(S(C)(=O)=O)cc1)NCc1ccc(Cn2ccnc2)cc1.I. The predicted molar refractivity (Wildman–Crippen MR) is 135 cm³/mol. The third-order valence-electron chi connectivity index (χ3n) is 4.69. The Hall–Kier alpha value is -2.40. The molecule has 3 rings (SSSR count). The Balaban J connectivity index is 0.00000341. The van der Waals surface area contributed by atoms with Gasteiger partial charge in [-0.3, -0.25) is 4.99 Å². The first-order valence-corrected chi connectivity index (χ1v) is 11.6. The van der Waals surface area contributed by atoms with Crippen molar-refractivity contribution in [1.82, 2.24) is 20.2 Å². The van der Waals surface area contributed by atoms with Crippen molar-refractivity contribution in [2.24, 2.45) is 4.99 Å². The normalized spacial score (nSPS) is 11.6. The van der Waals surface area contributed by atoms with E-state index in [1.165, 1.54) is 17.4 Å². The first kappa shape index (κ1) is 24.9. The third-order valence-corrected chi connectivity index (χ3v) is 5.82. The minimum absolute atomic E-state index is 0. The number of halogens is 1. The van der Waals surface area contributed by atoms with Crippen LogP contribution in [0.3, 0.4) is 0 Å². The monoisotopic (exact) mass is 553 g/mol. The molecule has 0 aliphatic heterocycles. The highest BCUT2D eigenvalue weighted by atomic mass is 127. The molecule has 0 saturated heterocycles. The van der Waals surface area contributed by atoms with E-state index in [1.807, 2.05) is 29.2 Å². The summed E-state index contributed by atoms with van der Waals surface area (Å²) in [7, 11) is -1.42. The molecule has 0 saturated carbocycles. The largest absolute Gasteiger partial charge is 0.356 e. The summed E-state index contributed by atoms with van der Waals surface area (Å²) in [6.07, 6.45) is 7.53. The van der Waals surface area contributed by atoms with Crippen LogP contribution in [0.5, 0.6) is 0 Å². The standard InChI is InChI=1S/C22H27N5O2S.HI/c1-23-22(25-12-11-18-7-9-21(10-8-18)30(2,28)29)26-15-19-3-5-20(6-4-19)16-27-14-13-24-17-27;/h3-10,13-14,17H,11-12,15-16H2,1-2H3,(H2,23,25,26);1H. The van der Waals surface area contributed by atoms with Crippen LogP contribution in [-0.2, 0) is 29.3 Å². The van der Waals surface area contributed by atoms with Gasteiger partial charge in [-0.25, -0.2) is 13.4 Å². The predicted octanol–water partition coefficient (Wildman–Crippen LogP) is 2.86. The van der Waals surface area contributed by atoms with Crippen LogP contribution >= 0.6 is 24.0 Å². The van der Waals surface area contributed by atoms with E-state index in [1.54, 1.807) is 25.4 Å². The quantitative estimate of drug-likeness (QED) is 0.255. The maximum atomic E-state index is 11.5. The van der Waals surface area contributed by atoms with Crippen LogP contribution in [0.15, 0.2) is 77.1 Å². The lowest BCUT2D eigenvalue weighted by atomic mass is 10.1. The molecule has 31 heavy (non-hydrogen) atoms. The van der Waals surface area contributed by atoms with E-state index in [0.717, 1.165) is 24.5 Å². The minimum atomic E-state index is -3.16. The van der Waals surface area contributed by atoms with Gasteiger partial charge in [-0.2, -0.15) is 0 Å². The summed E-state index contributed by atoms with van der Waals surface area (Å²) in [5.41, 5.74) is 3.46. The summed E-state index contributed by atoms with van der Waals surface area (Å²) in [6, 6.07) is 15.4. The highest BCUT2D eigenvalue weighted by Crippen LogP contribution is 2.10. The number of hydrogen-bond donors (Lipinski definition) is 2.